The fourth-order valence-electron chi connectivity index (χ4n) is 5.78. The first kappa shape index (κ1) is 27.8. The molecule has 0 radical (unpaired) electrons. The van der Waals surface area contributed by atoms with Crippen LogP contribution in [0.25, 0.3) is 0 Å². The van der Waals surface area contributed by atoms with Gasteiger partial charge in [-0.2, -0.15) is 0 Å². The monoisotopic (exact) mass is 546 g/mol. The van der Waals surface area contributed by atoms with Crippen molar-refractivity contribution in [3.05, 3.63) is 66.3 Å². The van der Waals surface area contributed by atoms with E-state index in [1.54, 1.807) is 0 Å². The van der Waals surface area contributed by atoms with Crippen LogP contribution < -0.4 is 10.1 Å². The van der Waals surface area contributed by atoms with Crippen molar-refractivity contribution in [2.75, 3.05) is 52.4 Å². The minimum Gasteiger partial charge on any atom is -0.489 e. The van der Waals surface area contributed by atoms with Gasteiger partial charge in [-0.3, -0.25) is 19.4 Å². The highest BCUT2D eigenvalue weighted by Crippen LogP contribution is 2.29. The van der Waals surface area contributed by atoms with Gasteiger partial charge in [0.1, 0.15) is 24.6 Å². The van der Waals surface area contributed by atoms with Crippen LogP contribution in [0.3, 0.4) is 0 Å². The largest absolute Gasteiger partial charge is 0.489 e. The molecule has 0 spiro atoms. The number of amides is 3. The summed E-state index contributed by atoms with van der Waals surface area (Å²) < 4.78 is 6.08. The van der Waals surface area contributed by atoms with Crippen LogP contribution in [0.5, 0.6) is 5.75 Å². The highest BCUT2D eigenvalue weighted by atomic mass is 16.5. The molecule has 0 aliphatic carbocycles. The molecule has 10 nitrogen and oxygen atoms in total. The van der Waals surface area contributed by atoms with Crippen LogP contribution in [0, 0.1) is 11.8 Å². The van der Waals surface area contributed by atoms with Crippen LogP contribution in [0.1, 0.15) is 41.7 Å². The number of ether oxygens (including phenoxy) is 1. The zero-order valence-electron chi connectivity index (χ0n) is 22.9. The Morgan fingerprint density at radius 3 is 2.75 bits per heavy atom. The summed E-state index contributed by atoms with van der Waals surface area (Å²) in [4.78, 5) is 53.7. The summed E-state index contributed by atoms with van der Waals surface area (Å²) in [6.45, 7) is 5.32. The van der Waals surface area contributed by atoms with E-state index in [1.165, 1.54) is 36.3 Å². The van der Waals surface area contributed by atoms with Gasteiger partial charge in [-0.15, -0.1) is 0 Å². The quantitative estimate of drug-likeness (QED) is 0.553. The van der Waals surface area contributed by atoms with Gasteiger partial charge in [-0.25, -0.2) is 4.98 Å². The number of para-hydroxylation sites is 1. The highest BCUT2D eigenvalue weighted by molar-refractivity contribution is 5.94. The minimum atomic E-state index is -0.360. The lowest BCUT2D eigenvalue weighted by molar-refractivity contribution is -0.134. The van der Waals surface area contributed by atoms with Crippen LogP contribution >= 0.6 is 0 Å². The zero-order valence-corrected chi connectivity index (χ0v) is 22.9. The smallest absolute Gasteiger partial charge is 0.274 e. The molecule has 40 heavy (non-hydrogen) atoms. The van der Waals surface area contributed by atoms with Gasteiger partial charge in [0.05, 0.1) is 12.7 Å². The fourth-order valence-corrected chi connectivity index (χ4v) is 5.78. The molecule has 0 unspecified atom stereocenters. The number of likely N-dealkylation sites (tertiary alicyclic amines) is 1. The lowest BCUT2D eigenvalue weighted by Gasteiger charge is -2.38. The molecule has 3 amide bonds. The number of carbonyl (C=O) groups is 3. The Kier molecular flexibility index (Phi) is 9.38. The molecule has 2 fully saturated rings. The maximum absolute atomic E-state index is 13.5. The molecule has 0 saturated carbocycles. The Morgan fingerprint density at radius 1 is 1.07 bits per heavy atom. The van der Waals surface area contributed by atoms with E-state index >= 15 is 0 Å². The van der Waals surface area contributed by atoms with Crippen LogP contribution in [-0.4, -0.2) is 94.8 Å². The van der Waals surface area contributed by atoms with Crippen LogP contribution in [0.2, 0.25) is 0 Å². The Balaban J connectivity index is 1.29. The summed E-state index contributed by atoms with van der Waals surface area (Å²) in [6, 6.07) is 7.54. The van der Waals surface area contributed by atoms with Gasteiger partial charge in [0.2, 0.25) is 11.8 Å². The third kappa shape index (κ3) is 7.24. The van der Waals surface area contributed by atoms with Crippen molar-refractivity contribution >= 4 is 17.7 Å². The van der Waals surface area contributed by atoms with E-state index in [2.05, 4.69) is 26.3 Å². The third-order valence-electron chi connectivity index (χ3n) is 8.00. The summed E-state index contributed by atoms with van der Waals surface area (Å²) >= 11 is 0. The maximum atomic E-state index is 13.5. The van der Waals surface area contributed by atoms with Gasteiger partial charge in [-0.05, 0) is 50.3 Å². The number of hydrogen-bond acceptors (Lipinski definition) is 7. The molecule has 1 aromatic heterocycles. The SMILES string of the molecule is O=C(C[C@@H]1CCN2C[C@@H]1C=CCOc1ccccc1CN(C(=O)c1cnccn1)CC2=O)NCCN1CCCC1. The normalized spacial score (nSPS) is 21.9. The predicted molar refractivity (Wildman–Crippen MR) is 149 cm³/mol. The molecule has 5 rings (SSSR count). The number of nitrogens with zero attached hydrogens (tertiary/aromatic N) is 5. The molecule has 3 aliphatic rings. The second-order valence-electron chi connectivity index (χ2n) is 10.8. The first-order chi connectivity index (χ1) is 19.6. The van der Waals surface area contributed by atoms with Crippen LogP contribution in [0.15, 0.2) is 55.0 Å². The van der Waals surface area contributed by atoms with Crippen LogP contribution in [0.4, 0.5) is 0 Å². The molecule has 1 N–H and O–H groups in total. The number of carbonyl (C=O) groups excluding carboxylic acids is 3. The Morgan fingerprint density at radius 2 is 1.93 bits per heavy atom. The van der Waals surface area contributed by atoms with E-state index in [9.17, 15) is 14.4 Å². The summed E-state index contributed by atoms with van der Waals surface area (Å²) in [7, 11) is 0. The highest BCUT2D eigenvalue weighted by Gasteiger charge is 2.33. The lowest BCUT2D eigenvalue weighted by Crippen LogP contribution is -2.48. The van der Waals surface area contributed by atoms with Crippen LogP contribution in [-0.2, 0) is 16.1 Å². The molecular weight excluding hydrogens is 508 g/mol. The molecule has 10 heteroatoms. The third-order valence-corrected chi connectivity index (χ3v) is 8.00. The molecule has 4 heterocycles. The van der Waals surface area contributed by atoms with Crippen molar-refractivity contribution in [2.45, 2.75) is 32.2 Å². The summed E-state index contributed by atoms with van der Waals surface area (Å²) in [6.07, 6.45) is 12.1. The lowest BCUT2D eigenvalue weighted by atomic mass is 9.82. The zero-order chi connectivity index (χ0) is 27.7. The number of rotatable bonds is 6. The average Bonchev–Trinajstić information content (AvgIpc) is 3.49. The molecule has 3 aliphatic heterocycles. The van der Waals surface area contributed by atoms with Gasteiger partial charge in [0.25, 0.3) is 5.91 Å². The Hall–Kier alpha value is -3.79. The van der Waals surface area contributed by atoms with Crippen molar-refractivity contribution in [1.82, 2.24) is 30.0 Å². The molecule has 1 aromatic carbocycles. The second-order valence-corrected chi connectivity index (χ2v) is 10.8. The van der Waals surface area contributed by atoms with E-state index in [-0.39, 0.29) is 48.3 Å². The van der Waals surface area contributed by atoms with Gasteiger partial charge < -0.3 is 24.8 Å². The van der Waals surface area contributed by atoms with E-state index < -0.39 is 0 Å². The molecule has 2 aromatic rings. The molecule has 2 bridgehead atoms. The molecular formula is C30H38N6O4. The summed E-state index contributed by atoms with van der Waals surface area (Å²) in [5, 5.41) is 3.10. The van der Waals surface area contributed by atoms with Crippen molar-refractivity contribution in [3.8, 4) is 5.75 Å². The molecule has 2 saturated heterocycles. The van der Waals surface area contributed by atoms with Crippen molar-refractivity contribution in [3.63, 3.8) is 0 Å². The van der Waals surface area contributed by atoms with Gasteiger partial charge in [0, 0.05) is 50.6 Å². The topological polar surface area (TPSA) is 108 Å². The van der Waals surface area contributed by atoms with Crippen molar-refractivity contribution in [2.24, 2.45) is 11.8 Å². The first-order valence-electron chi connectivity index (χ1n) is 14.3. The fraction of sp³-hybridized carbons (Fsp3) is 0.500. The number of nitrogens with one attached hydrogen (secondary N) is 1. The molecule has 2 atom stereocenters. The predicted octanol–water partition coefficient (Wildman–Crippen LogP) is 2.13. The van der Waals surface area contributed by atoms with E-state index in [4.69, 9.17) is 4.74 Å². The van der Waals surface area contributed by atoms with Gasteiger partial charge >= 0.3 is 0 Å². The molecule has 212 valence electrons. The summed E-state index contributed by atoms with van der Waals surface area (Å²) in [5.41, 5.74) is 0.994. The maximum Gasteiger partial charge on any atom is 0.274 e. The second kappa shape index (κ2) is 13.5. The van der Waals surface area contributed by atoms with Gasteiger partial charge in [0.15, 0.2) is 0 Å². The van der Waals surface area contributed by atoms with E-state index in [0.29, 0.717) is 38.4 Å². The van der Waals surface area contributed by atoms with Crippen molar-refractivity contribution < 1.29 is 19.1 Å². The first-order valence-corrected chi connectivity index (χ1v) is 14.3. The number of benzene rings is 1. The number of aromatic nitrogens is 2. The number of hydrogen-bond donors (Lipinski definition) is 1. The number of piperidine rings is 1. The van der Waals surface area contributed by atoms with E-state index in [1.807, 2.05) is 35.2 Å². The summed E-state index contributed by atoms with van der Waals surface area (Å²) in [5.74, 6) is 0.384. The standard InChI is InChI=1S/C30H38N6O4/c37-28(33-12-16-34-13-3-4-14-34)18-23-9-15-35-20-24(23)7-5-17-40-27-8-2-1-6-25(27)21-36(22-29(35)38)30(39)26-19-31-10-11-32-26/h1-2,5-8,10-11,19,23-24H,3-4,9,12-18,20-22H2,(H,33,37)/t23-,24-/m0/s1. The van der Waals surface area contributed by atoms with Gasteiger partial charge in [-0.1, -0.05) is 30.4 Å². The van der Waals surface area contributed by atoms with Crippen molar-refractivity contribution in [1.29, 1.82) is 0 Å². The Labute approximate surface area is 235 Å². The minimum absolute atomic E-state index is 0.0192. The Bertz CT molecular complexity index is 1200. The van der Waals surface area contributed by atoms with E-state index in [0.717, 1.165) is 31.6 Å². The number of fused-ring (bicyclic) bond motifs is 3. The average molecular weight is 547 g/mol.